The fraction of sp³-hybridized carbons (Fsp3) is 0.308. The number of hydrogen-bond donors (Lipinski definition) is 0. The lowest BCUT2D eigenvalue weighted by molar-refractivity contribution is -0.743. The van der Waals surface area contributed by atoms with Crippen LogP contribution in [0.25, 0.3) is 28.1 Å². The van der Waals surface area contributed by atoms with Gasteiger partial charge >= 0.3 is 0 Å². The molecule has 0 radical (unpaired) electrons. The summed E-state index contributed by atoms with van der Waals surface area (Å²) in [7, 11) is 0. The van der Waals surface area contributed by atoms with E-state index in [9.17, 15) is 0 Å². The van der Waals surface area contributed by atoms with E-state index in [1.54, 1.807) is 0 Å². The van der Waals surface area contributed by atoms with Gasteiger partial charge in [0, 0.05) is 29.9 Å². The van der Waals surface area contributed by atoms with E-state index in [-0.39, 0.29) is 11.0 Å². The molecule has 5 rings (SSSR count). The van der Waals surface area contributed by atoms with Crippen molar-refractivity contribution in [3.05, 3.63) is 78.6 Å². The van der Waals surface area contributed by atoms with Crippen LogP contribution in [0.3, 0.4) is 0 Å². The minimum Gasteiger partial charge on any atom is -0.264 e. The highest BCUT2D eigenvalue weighted by Gasteiger charge is 2.56. The van der Waals surface area contributed by atoms with Crippen molar-refractivity contribution in [3.8, 4) is 17.1 Å². The predicted octanol–water partition coefficient (Wildman–Crippen LogP) is 5.79. The molecule has 0 aliphatic carbocycles. The Bertz CT molecular complexity index is 1210. The molecule has 3 heterocycles. The summed E-state index contributed by atoms with van der Waals surface area (Å²) in [5, 5.41) is 0. The zero-order valence-corrected chi connectivity index (χ0v) is 17.7. The van der Waals surface area contributed by atoms with Gasteiger partial charge in [-0.1, -0.05) is 51.1 Å². The van der Waals surface area contributed by atoms with Crippen LogP contribution in [0, 0.1) is 0 Å². The maximum absolute atomic E-state index is 4.25. The average Bonchev–Trinajstić information content (AvgIpc) is 3.14. The summed E-state index contributed by atoms with van der Waals surface area (Å²) in [6, 6.07) is 22.0. The number of rotatable bonds is 3. The molecule has 1 aliphatic heterocycles. The Morgan fingerprint density at radius 1 is 0.862 bits per heavy atom. The summed E-state index contributed by atoms with van der Waals surface area (Å²) in [4.78, 5) is 4.25. The smallest absolute Gasteiger partial charge is 0.264 e. The van der Waals surface area contributed by atoms with Gasteiger partial charge in [0.05, 0.1) is 5.56 Å². The largest absolute Gasteiger partial charge is 0.295 e. The van der Waals surface area contributed by atoms with Crippen LogP contribution in [-0.4, -0.2) is 9.55 Å². The van der Waals surface area contributed by atoms with Gasteiger partial charge in [-0.25, -0.2) is 4.57 Å². The van der Waals surface area contributed by atoms with Crippen LogP contribution >= 0.6 is 0 Å². The van der Waals surface area contributed by atoms with Crippen LogP contribution in [0.2, 0.25) is 0 Å². The molecule has 3 nitrogen and oxygen atoms in total. The molecule has 0 amide bonds. The lowest BCUT2D eigenvalue weighted by atomic mass is 9.61. The molecule has 1 aliphatic rings. The van der Waals surface area contributed by atoms with Crippen LogP contribution in [0.15, 0.2) is 73.1 Å². The van der Waals surface area contributed by atoms with E-state index in [0.29, 0.717) is 0 Å². The van der Waals surface area contributed by atoms with Gasteiger partial charge in [0.25, 0.3) is 5.82 Å². The van der Waals surface area contributed by atoms with E-state index in [1.165, 1.54) is 28.0 Å². The molecular weight excluding hydrogens is 354 g/mol. The number of pyridine rings is 1. The molecule has 0 N–H and O–H groups in total. The molecule has 4 aromatic rings. The molecule has 146 valence electrons. The number of aromatic nitrogens is 3. The van der Waals surface area contributed by atoms with Gasteiger partial charge < -0.3 is 0 Å². The molecule has 0 saturated carbocycles. The highest BCUT2D eigenvalue weighted by Crippen LogP contribution is 2.51. The highest BCUT2D eigenvalue weighted by atomic mass is 15.2. The van der Waals surface area contributed by atoms with Crippen LogP contribution < -0.4 is 4.57 Å². The zero-order valence-electron chi connectivity index (χ0n) is 17.7. The van der Waals surface area contributed by atoms with Crippen molar-refractivity contribution < 1.29 is 4.57 Å². The van der Waals surface area contributed by atoms with Crippen molar-refractivity contribution in [2.24, 2.45) is 0 Å². The Morgan fingerprint density at radius 2 is 1.55 bits per heavy atom. The zero-order chi connectivity index (χ0) is 20.2. The normalized spacial score (nSPS) is 23.0. The van der Waals surface area contributed by atoms with E-state index >= 15 is 0 Å². The third-order valence-corrected chi connectivity index (χ3v) is 7.55. The molecule has 29 heavy (non-hydrogen) atoms. The minimum atomic E-state index is -0.0384. The van der Waals surface area contributed by atoms with Crippen molar-refractivity contribution in [2.75, 3.05) is 0 Å². The average molecular weight is 383 g/mol. The minimum absolute atomic E-state index is 0.0384. The molecule has 2 aromatic carbocycles. The number of para-hydroxylation sites is 2. The molecule has 0 fully saturated rings. The van der Waals surface area contributed by atoms with Gasteiger partial charge in [0.1, 0.15) is 11.2 Å². The van der Waals surface area contributed by atoms with Crippen LogP contribution in [-0.2, 0) is 11.0 Å². The van der Waals surface area contributed by atoms with Crippen molar-refractivity contribution in [1.29, 1.82) is 0 Å². The number of fused-ring (bicyclic) bond motifs is 5. The molecule has 2 aromatic heterocycles. The maximum Gasteiger partial charge on any atom is 0.295 e. The van der Waals surface area contributed by atoms with E-state index in [0.717, 1.165) is 18.5 Å². The number of nitrogens with zero attached hydrogens (tertiary/aromatic N) is 3. The highest BCUT2D eigenvalue weighted by molar-refractivity contribution is 5.81. The maximum atomic E-state index is 4.25. The molecule has 3 heteroatoms. The van der Waals surface area contributed by atoms with Gasteiger partial charge in [0.2, 0.25) is 0 Å². The third kappa shape index (κ3) is 2.19. The Hall–Kier alpha value is -2.94. The van der Waals surface area contributed by atoms with E-state index in [1.807, 2.05) is 12.4 Å². The summed E-state index contributed by atoms with van der Waals surface area (Å²) in [5.41, 5.74) is 6.47. The second-order valence-corrected chi connectivity index (χ2v) is 8.55. The van der Waals surface area contributed by atoms with Crippen LogP contribution in [0.4, 0.5) is 0 Å². The SMILES string of the molecule is CCC1(C)c2ccccc2-c2n(-c3ccncc3)c3ccccc3[n+]2C1(C)CC. The number of hydrogen-bond acceptors (Lipinski definition) is 1. The Kier molecular flexibility index (Phi) is 3.92. The lowest BCUT2D eigenvalue weighted by Gasteiger charge is -2.47. The Morgan fingerprint density at radius 3 is 2.28 bits per heavy atom. The standard InChI is InChI=1S/C26H28N3/c1-5-25(3)21-12-8-7-11-20(21)24-28(19-15-17-27-18-16-19)22-13-9-10-14-23(22)29(24)26(25,4)6-2/h7-18H,5-6H2,1-4H3/q+1. The first-order valence-electron chi connectivity index (χ1n) is 10.6. The quantitative estimate of drug-likeness (QED) is 0.411. The van der Waals surface area contributed by atoms with E-state index in [4.69, 9.17) is 0 Å². The summed E-state index contributed by atoms with van der Waals surface area (Å²) in [6.45, 7) is 9.55. The molecule has 0 bridgehead atoms. The van der Waals surface area contributed by atoms with Crippen LogP contribution in [0.1, 0.15) is 46.1 Å². The summed E-state index contributed by atoms with van der Waals surface area (Å²) >= 11 is 0. The van der Waals surface area contributed by atoms with Crippen molar-refractivity contribution in [1.82, 2.24) is 9.55 Å². The van der Waals surface area contributed by atoms with Crippen LogP contribution in [0.5, 0.6) is 0 Å². The Balaban J connectivity index is 2.03. The molecular formula is C26H28N3+. The summed E-state index contributed by atoms with van der Waals surface area (Å²) in [6.07, 6.45) is 5.92. The van der Waals surface area contributed by atoms with E-state index < -0.39 is 0 Å². The first-order chi connectivity index (χ1) is 14.1. The van der Waals surface area contributed by atoms with Gasteiger partial charge in [-0.2, -0.15) is 4.57 Å². The van der Waals surface area contributed by atoms with Crippen molar-refractivity contribution >= 4 is 11.0 Å². The molecule has 2 atom stereocenters. The van der Waals surface area contributed by atoms with E-state index in [2.05, 4.69) is 102 Å². The predicted molar refractivity (Wildman–Crippen MR) is 118 cm³/mol. The lowest BCUT2D eigenvalue weighted by Crippen LogP contribution is -2.67. The first-order valence-corrected chi connectivity index (χ1v) is 10.6. The summed E-state index contributed by atoms with van der Waals surface area (Å²) in [5.74, 6) is 1.27. The third-order valence-electron chi connectivity index (χ3n) is 7.55. The van der Waals surface area contributed by atoms with Gasteiger partial charge in [0.15, 0.2) is 11.0 Å². The number of benzene rings is 2. The Labute approximate surface area is 172 Å². The first kappa shape index (κ1) is 18.1. The van der Waals surface area contributed by atoms with Gasteiger partial charge in [-0.05, 0) is 43.5 Å². The topological polar surface area (TPSA) is 21.7 Å². The number of imidazole rings is 1. The molecule has 2 unspecified atom stereocenters. The second kappa shape index (κ2) is 6.28. The fourth-order valence-electron chi connectivity index (χ4n) is 5.48. The summed E-state index contributed by atoms with van der Waals surface area (Å²) < 4.78 is 5.04. The van der Waals surface area contributed by atoms with Gasteiger partial charge in [-0.15, -0.1) is 0 Å². The van der Waals surface area contributed by atoms with Crippen molar-refractivity contribution in [3.63, 3.8) is 0 Å². The molecule has 0 spiro atoms. The van der Waals surface area contributed by atoms with Crippen molar-refractivity contribution in [2.45, 2.75) is 51.5 Å². The fourth-order valence-corrected chi connectivity index (χ4v) is 5.48. The van der Waals surface area contributed by atoms with Gasteiger partial charge in [-0.3, -0.25) is 4.98 Å². The molecule has 0 saturated heterocycles. The monoisotopic (exact) mass is 382 g/mol. The second-order valence-electron chi connectivity index (χ2n) is 8.55.